The molecule has 2 heteroatoms. The molecule has 172 valence electrons. The molecule has 1 aromatic rings. The van der Waals surface area contributed by atoms with E-state index in [9.17, 15) is 0 Å². The third kappa shape index (κ3) is 12.1. The summed E-state index contributed by atoms with van der Waals surface area (Å²) in [4.78, 5) is 0. The highest BCUT2D eigenvalue weighted by atomic mass is 16.3. The van der Waals surface area contributed by atoms with Crippen LogP contribution >= 0.6 is 0 Å². The Kier molecular flexibility index (Phi) is 17.1. The van der Waals surface area contributed by atoms with Crippen LogP contribution in [-0.4, -0.2) is 23.4 Å². The Bertz CT molecular complexity index is 433. The van der Waals surface area contributed by atoms with E-state index in [1.54, 1.807) is 11.1 Å². The van der Waals surface area contributed by atoms with Crippen molar-refractivity contribution in [1.82, 2.24) is 0 Å². The lowest BCUT2D eigenvalue weighted by Crippen LogP contribution is -2.04. The third-order valence-corrected chi connectivity index (χ3v) is 6.12. The molecule has 0 spiro atoms. The molecule has 0 aliphatic carbocycles. The van der Waals surface area contributed by atoms with E-state index in [1.807, 2.05) is 0 Å². The second kappa shape index (κ2) is 18.9. The van der Waals surface area contributed by atoms with Gasteiger partial charge >= 0.3 is 0 Å². The van der Waals surface area contributed by atoms with Gasteiger partial charge in [-0.2, -0.15) is 0 Å². The minimum atomic E-state index is 0.303. The summed E-state index contributed by atoms with van der Waals surface area (Å²) in [5.41, 5.74) is 6.21. The zero-order valence-corrected chi connectivity index (χ0v) is 19.6. The summed E-state index contributed by atoms with van der Waals surface area (Å²) in [6.45, 7) is 8.57. The van der Waals surface area contributed by atoms with Crippen molar-refractivity contribution in [2.45, 2.75) is 116 Å². The minimum absolute atomic E-state index is 0.303. The number of hydrogen-bond donors (Lipinski definition) is 2. The van der Waals surface area contributed by atoms with Crippen LogP contribution in [0.4, 0.5) is 0 Å². The standard InChI is InChI=1S/C28H48O2/c1-3-5-7-11-17-25-23-27(19-13-9-15-21-29)28(20-14-10-16-22-30)24-26(25)18-12-8-6-4-2/h23-24,29-30H,1-22H2. The van der Waals surface area contributed by atoms with E-state index in [1.165, 1.54) is 62.5 Å². The molecular weight excluding hydrogens is 368 g/mol. The van der Waals surface area contributed by atoms with Gasteiger partial charge < -0.3 is 10.2 Å². The van der Waals surface area contributed by atoms with E-state index >= 15 is 0 Å². The fourth-order valence-electron chi connectivity index (χ4n) is 4.27. The molecule has 0 aliphatic rings. The Balaban J connectivity index is 2.93. The van der Waals surface area contributed by atoms with Crippen molar-refractivity contribution in [2.24, 2.45) is 0 Å². The molecule has 0 aromatic heterocycles. The lowest BCUT2D eigenvalue weighted by Gasteiger charge is -2.17. The SMILES string of the molecule is [CH2]CCCCCc1cc(CCCCCO)c(CCCCCO)cc1CCCCC[CH2]. The Morgan fingerprint density at radius 3 is 1.00 bits per heavy atom. The van der Waals surface area contributed by atoms with Gasteiger partial charge in [-0.05, 0) is 86.5 Å². The molecule has 2 radical (unpaired) electrons. The van der Waals surface area contributed by atoms with Gasteiger partial charge in [0.15, 0.2) is 0 Å². The molecule has 1 aromatic carbocycles. The monoisotopic (exact) mass is 416 g/mol. The number of benzene rings is 1. The van der Waals surface area contributed by atoms with Gasteiger partial charge in [-0.25, -0.2) is 0 Å². The highest BCUT2D eigenvalue weighted by molar-refractivity contribution is 5.39. The molecule has 0 aliphatic heterocycles. The van der Waals surface area contributed by atoms with Crippen molar-refractivity contribution in [3.05, 3.63) is 48.2 Å². The lowest BCUT2D eigenvalue weighted by atomic mass is 9.88. The Morgan fingerprint density at radius 1 is 0.433 bits per heavy atom. The van der Waals surface area contributed by atoms with Gasteiger partial charge in [-0.3, -0.25) is 0 Å². The van der Waals surface area contributed by atoms with E-state index in [4.69, 9.17) is 10.2 Å². The largest absolute Gasteiger partial charge is 0.396 e. The average Bonchev–Trinajstić information content (AvgIpc) is 2.76. The maximum Gasteiger partial charge on any atom is 0.0431 e. The van der Waals surface area contributed by atoms with Gasteiger partial charge in [0, 0.05) is 13.2 Å². The number of aryl methyl sites for hydroxylation is 4. The number of aliphatic hydroxyl groups excluding tert-OH is 2. The maximum absolute atomic E-state index is 9.10. The number of rotatable bonds is 20. The summed E-state index contributed by atoms with van der Waals surface area (Å²) < 4.78 is 0. The van der Waals surface area contributed by atoms with Crippen molar-refractivity contribution in [2.75, 3.05) is 13.2 Å². The van der Waals surface area contributed by atoms with Crippen molar-refractivity contribution >= 4 is 0 Å². The predicted molar refractivity (Wildman–Crippen MR) is 131 cm³/mol. The van der Waals surface area contributed by atoms with E-state index < -0.39 is 0 Å². The second-order valence-corrected chi connectivity index (χ2v) is 8.79. The van der Waals surface area contributed by atoms with Crippen LogP contribution in [0.25, 0.3) is 0 Å². The number of hydrogen-bond acceptors (Lipinski definition) is 2. The van der Waals surface area contributed by atoms with E-state index in [0.717, 1.165) is 64.2 Å². The Morgan fingerprint density at radius 2 is 0.733 bits per heavy atom. The first-order chi connectivity index (χ1) is 14.8. The molecule has 0 heterocycles. The summed E-state index contributed by atoms with van der Waals surface area (Å²) in [6, 6.07) is 5.06. The molecule has 0 unspecified atom stereocenters. The summed E-state index contributed by atoms with van der Waals surface area (Å²) >= 11 is 0. The molecule has 0 saturated carbocycles. The van der Waals surface area contributed by atoms with Crippen molar-refractivity contribution in [3.63, 3.8) is 0 Å². The average molecular weight is 417 g/mol. The van der Waals surface area contributed by atoms with E-state index in [2.05, 4.69) is 26.0 Å². The number of unbranched alkanes of at least 4 members (excludes halogenated alkanes) is 10. The van der Waals surface area contributed by atoms with Crippen LogP contribution < -0.4 is 0 Å². The summed E-state index contributed by atoms with van der Waals surface area (Å²) in [7, 11) is 0. The van der Waals surface area contributed by atoms with Crippen molar-refractivity contribution < 1.29 is 10.2 Å². The summed E-state index contributed by atoms with van der Waals surface area (Å²) in [5.74, 6) is 0. The highest BCUT2D eigenvalue weighted by Gasteiger charge is 2.11. The molecule has 2 N–H and O–H groups in total. The fraction of sp³-hybridized carbons (Fsp3) is 0.714. The molecule has 0 bridgehead atoms. The van der Waals surface area contributed by atoms with Crippen LogP contribution in [0.15, 0.2) is 12.1 Å². The van der Waals surface area contributed by atoms with Gasteiger partial charge in [-0.1, -0.05) is 77.3 Å². The van der Waals surface area contributed by atoms with Crippen LogP contribution in [0.1, 0.15) is 112 Å². The molecule has 0 fully saturated rings. The van der Waals surface area contributed by atoms with Crippen LogP contribution in [0, 0.1) is 13.8 Å². The zero-order valence-electron chi connectivity index (χ0n) is 19.6. The molecule has 0 atom stereocenters. The normalized spacial score (nSPS) is 11.3. The van der Waals surface area contributed by atoms with Gasteiger partial charge in [0.1, 0.15) is 0 Å². The Labute approximate surface area is 187 Å². The Hall–Kier alpha value is -0.860. The molecule has 2 nitrogen and oxygen atoms in total. The zero-order chi connectivity index (χ0) is 21.9. The quantitative estimate of drug-likeness (QED) is 0.225. The second-order valence-electron chi connectivity index (χ2n) is 8.79. The van der Waals surface area contributed by atoms with Gasteiger partial charge in [-0.15, -0.1) is 0 Å². The van der Waals surface area contributed by atoms with Crippen LogP contribution in [0.5, 0.6) is 0 Å². The van der Waals surface area contributed by atoms with Crippen molar-refractivity contribution in [3.8, 4) is 0 Å². The van der Waals surface area contributed by atoms with Crippen LogP contribution in [-0.2, 0) is 25.7 Å². The first-order valence-electron chi connectivity index (χ1n) is 12.7. The van der Waals surface area contributed by atoms with E-state index in [0.29, 0.717) is 13.2 Å². The maximum atomic E-state index is 9.10. The number of aliphatic hydroxyl groups is 2. The third-order valence-electron chi connectivity index (χ3n) is 6.12. The van der Waals surface area contributed by atoms with E-state index in [-0.39, 0.29) is 0 Å². The van der Waals surface area contributed by atoms with Gasteiger partial charge in [0.25, 0.3) is 0 Å². The predicted octanol–water partition coefficient (Wildman–Crippen LogP) is 6.97. The fourth-order valence-corrected chi connectivity index (χ4v) is 4.27. The molecular formula is C28H48O2. The smallest absolute Gasteiger partial charge is 0.0431 e. The molecule has 1 rings (SSSR count). The topological polar surface area (TPSA) is 40.5 Å². The van der Waals surface area contributed by atoms with Crippen molar-refractivity contribution in [1.29, 1.82) is 0 Å². The molecule has 30 heavy (non-hydrogen) atoms. The van der Waals surface area contributed by atoms with Gasteiger partial charge in [0.2, 0.25) is 0 Å². The summed E-state index contributed by atoms with van der Waals surface area (Å²) in [6.07, 6.45) is 20.6. The van der Waals surface area contributed by atoms with Crippen LogP contribution in [0.3, 0.4) is 0 Å². The lowest BCUT2D eigenvalue weighted by molar-refractivity contribution is 0.282. The first kappa shape index (κ1) is 27.2. The molecule has 0 saturated heterocycles. The van der Waals surface area contributed by atoms with Crippen LogP contribution in [0.2, 0.25) is 0 Å². The first-order valence-corrected chi connectivity index (χ1v) is 12.7. The summed E-state index contributed by atoms with van der Waals surface area (Å²) in [5, 5.41) is 18.2. The van der Waals surface area contributed by atoms with Gasteiger partial charge in [0.05, 0.1) is 0 Å². The highest BCUT2D eigenvalue weighted by Crippen LogP contribution is 2.25. The molecule has 0 amide bonds. The minimum Gasteiger partial charge on any atom is -0.396 e.